The van der Waals surface area contributed by atoms with Gasteiger partial charge in [-0.2, -0.15) is 10.1 Å². The molecule has 0 spiro atoms. The van der Waals surface area contributed by atoms with Gasteiger partial charge in [0, 0.05) is 22.9 Å². The van der Waals surface area contributed by atoms with E-state index in [1.165, 1.54) is 10.4 Å². The van der Waals surface area contributed by atoms with E-state index in [0.717, 1.165) is 11.3 Å². The third-order valence-electron chi connectivity index (χ3n) is 5.75. The normalized spacial score (nSPS) is 23.8. The fraction of sp³-hybridized carbons (Fsp3) is 0.318. The zero-order valence-corrected chi connectivity index (χ0v) is 16.7. The maximum absolute atomic E-state index is 13.3. The summed E-state index contributed by atoms with van der Waals surface area (Å²) in [4.78, 5) is 18.9. The number of carbonyl (C=O) groups excluding carboxylic acids is 1. The highest BCUT2D eigenvalue weighted by molar-refractivity contribution is 7.10. The molecule has 28 heavy (non-hydrogen) atoms. The van der Waals surface area contributed by atoms with Gasteiger partial charge in [0.1, 0.15) is 12.1 Å². The van der Waals surface area contributed by atoms with Crippen LogP contribution in [0, 0.1) is 5.92 Å². The van der Waals surface area contributed by atoms with E-state index in [1.54, 1.807) is 17.7 Å². The van der Waals surface area contributed by atoms with Gasteiger partial charge in [0.25, 0.3) is 0 Å². The van der Waals surface area contributed by atoms with Crippen LogP contribution in [0.3, 0.4) is 0 Å². The molecule has 6 heteroatoms. The van der Waals surface area contributed by atoms with Gasteiger partial charge in [-0.05, 0) is 28.5 Å². The van der Waals surface area contributed by atoms with E-state index in [9.17, 15) is 4.79 Å². The summed E-state index contributed by atoms with van der Waals surface area (Å²) in [6, 6.07) is 12.6. The Morgan fingerprint density at radius 2 is 2.04 bits per heavy atom. The molecule has 3 aromatic rings. The lowest BCUT2D eigenvalue weighted by Crippen LogP contribution is -2.40. The molecule has 0 saturated carbocycles. The molecule has 3 atom stereocenters. The minimum atomic E-state index is -0.254. The number of anilines is 1. The summed E-state index contributed by atoms with van der Waals surface area (Å²) in [6.45, 7) is 4.37. The maximum atomic E-state index is 13.3. The predicted molar refractivity (Wildman–Crippen MR) is 111 cm³/mol. The van der Waals surface area contributed by atoms with Crippen LogP contribution in [0.4, 0.5) is 5.95 Å². The van der Waals surface area contributed by atoms with E-state index in [2.05, 4.69) is 71.0 Å². The summed E-state index contributed by atoms with van der Waals surface area (Å²) in [5.41, 5.74) is 3.34. The van der Waals surface area contributed by atoms with Gasteiger partial charge in [-0.3, -0.25) is 4.79 Å². The first-order chi connectivity index (χ1) is 13.6. The number of hydrogen-bond acceptors (Lipinski definition) is 5. The minimum Gasteiger partial charge on any atom is -0.328 e. The van der Waals surface area contributed by atoms with Gasteiger partial charge < -0.3 is 5.32 Å². The van der Waals surface area contributed by atoms with Crippen LogP contribution < -0.4 is 5.32 Å². The van der Waals surface area contributed by atoms with E-state index in [1.807, 2.05) is 10.7 Å². The monoisotopic (exact) mass is 390 g/mol. The molecule has 2 aliphatic rings. The van der Waals surface area contributed by atoms with E-state index < -0.39 is 0 Å². The molecule has 5 rings (SSSR count). The Balaban J connectivity index is 1.59. The predicted octanol–water partition coefficient (Wildman–Crippen LogP) is 4.73. The maximum Gasteiger partial charge on any atom is 0.226 e. The Labute approximate surface area is 168 Å². The second-order valence-electron chi connectivity index (χ2n) is 7.81. The van der Waals surface area contributed by atoms with E-state index in [0.29, 0.717) is 18.3 Å². The first-order valence-electron chi connectivity index (χ1n) is 9.66. The van der Waals surface area contributed by atoms with Crippen molar-refractivity contribution in [3.8, 4) is 0 Å². The van der Waals surface area contributed by atoms with E-state index >= 15 is 0 Å². The molecule has 0 saturated heterocycles. The van der Waals surface area contributed by atoms with Crippen LogP contribution in [0.25, 0.3) is 0 Å². The molecule has 2 aromatic heterocycles. The molecular weight excluding hydrogens is 368 g/mol. The van der Waals surface area contributed by atoms with Gasteiger partial charge in [0.15, 0.2) is 0 Å². The lowest BCUT2D eigenvalue weighted by Gasteiger charge is -2.37. The Kier molecular flexibility index (Phi) is 4.16. The summed E-state index contributed by atoms with van der Waals surface area (Å²) in [7, 11) is 0. The number of allylic oxidation sites excluding steroid dienone is 2. The molecule has 1 N–H and O–H groups in total. The summed E-state index contributed by atoms with van der Waals surface area (Å²) < 4.78 is 1.86. The van der Waals surface area contributed by atoms with Gasteiger partial charge >= 0.3 is 0 Å². The van der Waals surface area contributed by atoms with Crippen molar-refractivity contribution in [1.29, 1.82) is 0 Å². The van der Waals surface area contributed by atoms with Crippen LogP contribution in [0.15, 0.2) is 59.9 Å². The number of ketones is 1. The molecule has 142 valence electrons. The number of Topliss-reactive ketones (excluding diaryl/α,β-unsaturated/α-hetero) is 1. The number of aromatic nitrogens is 3. The molecule has 3 heterocycles. The van der Waals surface area contributed by atoms with Crippen LogP contribution in [-0.2, 0) is 4.79 Å². The van der Waals surface area contributed by atoms with Crippen LogP contribution in [-0.4, -0.2) is 20.5 Å². The van der Waals surface area contributed by atoms with Crippen molar-refractivity contribution in [2.75, 3.05) is 5.32 Å². The number of carbonyl (C=O) groups is 1. The van der Waals surface area contributed by atoms with Gasteiger partial charge in [-0.1, -0.05) is 50.3 Å². The lowest BCUT2D eigenvalue weighted by atomic mass is 9.77. The second-order valence-corrected chi connectivity index (χ2v) is 8.79. The number of nitrogens with zero attached hydrogens (tertiary/aromatic N) is 3. The van der Waals surface area contributed by atoms with Crippen LogP contribution in [0.1, 0.15) is 54.1 Å². The number of rotatable bonds is 3. The van der Waals surface area contributed by atoms with Crippen LogP contribution >= 0.6 is 11.3 Å². The third kappa shape index (κ3) is 2.79. The van der Waals surface area contributed by atoms with Crippen molar-refractivity contribution in [1.82, 2.24) is 14.8 Å². The highest BCUT2D eigenvalue weighted by Gasteiger charge is 2.43. The quantitative estimate of drug-likeness (QED) is 0.702. The summed E-state index contributed by atoms with van der Waals surface area (Å²) in [5, 5.41) is 9.86. The minimum absolute atomic E-state index is 0.129. The molecule has 1 aromatic carbocycles. The largest absolute Gasteiger partial charge is 0.328 e. The van der Waals surface area contributed by atoms with E-state index in [4.69, 9.17) is 0 Å². The summed E-state index contributed by atoms with van der Waals surface area (Å²) in [5.74, 6) is 1.30. The highest BCUT2D eigenvalue weighted by atomic mass is 32.1. The molecule has 5 nitrogen and oxygen atoms in total. The molecule has 0 amide bonds. The molecule has 0 unspecified atom stereocenters. The standard InChI is InChI=1S/C22H22N4OS/c1-13(2)14-5-7-15(8-6-14)21-20-17(25-22-23-12-24-26(21)22)10-16(11-18(20)27)19-4-3-9-28-19/h3-10,12-13,16,20-21H,11H2,1-2H3,(H,23,24,25)/t16-,20-,21-/m1/s1. The third-order valence-corrected chi connectivity index (χ3v) is 6.75. The Bertz CT molecular complexity index is 1030. The van der Waals surface area contributed by atoms with Gasteiger partial charge in [0.05, 0.1) is 12.0 Å². The van der Waals surface area contributed by atoms with Crippen molar-refractivity contribution in [3.05, 3.63) is 75.9 Å². The zero-order chi connectivity index (χ0) is 19.3. The number of hydrogen-bond donors (Lipinski definition) is 1. The Hall–Kier alpha value is -2.73. The van der Waals surface area contributed by atoms with E-state index in [-0.39, 0.29) is 23.7 Å². The summed E-state index contributed by atoms with van der Waals surface area (Å²) >= 11 is 1.70. The Morgan fingerprint density at radius 3 is 2.75 bits per heavy atom. The van der Waals surface area contributed by atoms with Crippen molar-refractivity contribution < 1.29 is 4.79 Å². The molecule has 0 radical (unpaired) electrons. The van der Waals surface area contributed by atoms with Crippen LogP contribution in [0.2, 0.25) is 0 Å². The van der Waals surface area contributed by atoms with Crippen molar-refractivity contribution >= 4 is 23.1 Å². The van der Waals surface area contributed by atoms with Gasteiger partial charge in [-0.25, -0.2) is 4.68 Å². The second kappa shape index (κ2) is 6.71. The number of thiophene rings is 1. The van der Waals surface area contributed by atoms with Crippen molar-refractivity contribution in [2.24, 2.45) is 5.92 Å². The first-order valence-corrected chi connectivity index (χ1v) is 10.5. The Morgan fingerprint density at radius 1 is 1.21 bits per heavy atom. The zero-order valence-electron chi connectivity index (χ0n) is 15.9. The average molecular weight is 391 g/mol. The van der Waals surface area contributed by atoms with Gasteiger partial charge in [-0.15, -0.1) is 11.3 Å². The average Bonchev–Trinajstić information content (AvgIpc) is 3.38. The van der Waals surface area contributed by atoms with Crippen molar-refractivity contribution in [2.45, 2.75) is 38.1 Å². The summed E-state index contributed by atoms with van der Waals surface area (Å²) in [6.07, 6.45) is 4.30. The lowest BCUT2D eigenvalue weighted by molar-refractivity contribution is -0.123. The first kappa shape index (κ1) is 17.4. The molecular formula is C22H22N4OS. The van der Waals surface area contributed by atoms with Crippen LogP contribution in [0.5, 0.6) is 0 Å². The fourth-order valence-corrected chi connectivity index (χ4v) is 5.07. The molecule has 1 aliphatic heterocycles. The molecule has 1 aliphatic carbocycles. The van der Waals surface area contributed by atoms with Gasteiger partial charge in [0.2, 0.25) is 5.95 Å². The topological polar surface area (TPSA) is 59.8 Å². The highest BCUT2D eigenvalue weighted by Crippen LogP contribution is 2.44. The smallest absolute Gasteiger partial charge is 0.226 e. The molecule has 0 bridgehead atoms. The molecule has 0 fully saturated rings. The van der Waals surface area contributed by atoms with Crippen molar-refractivity contribution in [3.63, 3.8) is 0 Å². The fourth-order valence-electron chi connectivity index (χ4n) is 4.27. The number of nitrogens with one attached hydrogen (secondary N) is 1. The SMILES string of the molecule is CC(C)c1ccc([C@@H]2[C@H]3C(=O)C[C@H](c4cccs4)C=C3Nc3ncnn32)cc1. The number of benzene rings is 1. The number of fused-ring (bicyclic) bond motifs is 2.